The van der Waals surface area contributed by atoms with Gasteiger partial charge in [0.1, 0.15) is 18.9 Å². The summed E-state index contributed by atoms with van der Waals surface area (Å²) in [6.45, 7) is 1.60. The number of benzene rings is 3. The standard InChI is InChI=1S/C26H20ClN3O6S/c1-16-5-8-19(13-22(16)27)28-24(31)14-29-25(32)23(37-26(29)33)12-18-3-2-4-21(11-18)36-15-17-6-9-20(10-7-17)30(34)35/h2-13H,14-15H2,1H3,(H,28,31)/b23-12+. The Balaban J connectivity index is 1.38. The zero-order valence-electron chi connectivity index (χ0n) is 19.5. The first-order valence-corrected chi connectivity index (χ1v) is 12.2. The highest BCUT2D eigenvalue weighted by molar-refractivity contribution is 8.18. The number of nitro benzene ring substituents is 1. The third kappa shape index (κ3) is 6.54. The van der Waals surface area contributed by atoms with Crippen molar-refractivity contribution < 1.29 is 24.0 Å². The molecular weight excluding hydrogens is 518 g/mol. The predicted octanol–water partition coefficient (Wildman–Crippen LogP) is 5.81. The molecule has 0 spiro atoms. The number of hydrogen-bond acceptors (Lipinski definition) is 7. The molecule has 1 aliphatic heterocycles. The molecule has 0 aliphatic carbocycles. The van der Waals surface area contributed by atoms with Gasteiger partial charge in [-0.2, -0.15) is 0 Å². The summed E-state index contributed by atoms with van der Waals surface area (Å²) >= 11 is 6.83. The second-order valence-corrected chi connectivity index (χ2v) is 9.47. The lowest BCUT2D eigenvalue weighted by Gasteiger charge is -2.13. The number of rotatable bonds is 8. The molecule has 1 N–H and O–H groups in total. The number of nitrogens with zero attached hydrogens (tertiary/aromatic N) is 2. The van der Waals surface area contributed by atoms with Crippen LogP contribution in [0.2, 0.25) is 5.02 Å². The van der Waals surface area contributed by atoms with Crippen LogP contribution in [-0.2, 0) is 16.2 Å². The average Bonchev–Trinajstić information content (AvgIpc) is 3.12. The van der Waals surface area contributed by atoms with Gasteiger partial charge in [0.2, 0.25) is 5.91 Å². The van der Waals surface area contributed by atoms with Gasteiger partial charge in [0.15, 0.2) is 0 Å². The van der Waals surface area contributed by atoms with Gasteiger partial charge in [-0.15, -0.1) is 0 Å². The second-order valence-electron chi connectivity index (χ2n) is 8.06. The molecule has 4 rings (SSSR count). The first kappa shape index (κ1) is 25.9. The molecule has 0 unspecified atom stereocenters. The first-order valence-electron chi connectivity index (χ1n) is 11.0. The number of nitrogens with one attached hydrogen (secondary N) is 1. The Hall–Kier alpha value is -4.15. The number of ether oxygens (including phenoxy) is 1. The Morgan fingerprint density at radius 1 is 1.14 bits per heavy atom. The molecule has 1 aliphatic rings. The summed E-state index contributed by atoms with van der Waals surface area (Å²) in [5, 5.41) is 13.4. The lowest BCUT2D eigenvalue weighted by atomic mass is 10.2. The number of hydrogen-bond donors (Lipinski definition) is 1. The van der Waals surface area contributed by atoms with Crippen LogP contribution in [0.4, 0.5) is 16.2 Å². The number of thioether (sulfide) groups is 1. The third-order valence-corrected chi connectivity index (χ3v) is 6.65. The fourth-order valence-corrected chi connectivity index (χ4v) is 4.40. The number of carbonyl (C=O) groups excluding carboxylic acids is 3. The van der Waals surface area contributed by atoms with E-state index in [1.165, 1.54) is 12.1 Å². The summed E-state index contributed by atoms with van der Waals surface area (Å²) in [6.07, 6.45) is 1.56. The minimum atomic E-state index is -0.565. The number of aryl methyl sites for hydroxylation is 1. The normalized spacial score (nSPS) is 14.2. The van der Waals surface area contributed by atoms with Crippen LogP contribution in [0.15, 0.2) is 71.6 Å². The van der Waals surface area contributed by atoms with Gasteiger partial charge in [0.05, 0.1) is 9.83 Å². The van der Waals surface area contributed by atoms with Gasteiger partial charge in [-0.25, -0.2) is 0 Å². The molecule has 188 valence electrons. The van der Waals surface area contributed by atoms with Crippen molar-refractivity contribution in [3.05, 3.63) is 103 Å². The summed E-state index contributed by atoms with van der Waals surface area (Å²) in [6, 6.07) is 18.0. The van der Waals surface area contributed by atoms with E-state index in [0.29, 0.717) is 22.0 Å². The van der Waals surface area contributed by atoms with Crippen LogP contribution in [0.3, 0.4) is 0 Å². The highest BCUT2D eigenvalue weighted by Crippen LogP contribution is 2.32. The maximum atomic E-state index is 12.8. The summed E-state index contributed by atoms with van der Waals surface area (Å²) in [4.78, 5) is 49.0. The van der Waals surface area contributed by atoms with Crippen molar-refractivity contribution in [2.24, 2.45) is 0 Å². The topological polar surface area (TPSA) is 119 Å². The van der Waals surface area contributed by atoms with Crippen LogP contribution >= 0.6 is 23.4 Å². The van der Waals surface area contributed by atoms with Crippen molar-refractivity contribution in [1.29, 1.82) is 0 Å². The van der Waals surface area contributed by atoms with Crippen LogP contribution in [-0.4, -0.2) is 33.4 Å². The molecule has 3 aromatic carbocycles. The molecule has 9 nitrogen and oxygen atoms in total. The maximum Gasteiger partial charge on any atom is 0.294 e. The molecule has 0 aromatic heterocycles. The van der Waals surface area contributed by atoms with Gasteiger partial charge in [-0.3, -0.25) is 29.4 Å². The van der Waals surface area contributed by atoms with E-state index in [1.54, 1.807) is 60.7 Å². The monoisotopic (exact) mass is 537 g/mol. The summed E-state index contributed by atoms with van der Waals surface area (Å²) in [7, 11) is 0. The number of nitro groups is 1. The van der Waals surface area contributed by atoms with E-state index in [-0.39, 0.29) is 17.2 Å². The maximum absolute atomic E-state index is 12.8. The SMILES string of the molecule is Cc1ccc(NC(=O)CN2C(=O)S/C(=C/c3cccc(OCc4ccc([N+](=O)[O-])cc4)c3)C2=O)cc1Cl. The quantitative estimate of drug-likeness (QED) is 0.219. The Kier molecular flexibility index (Phi) is 7.90. The van der Waals surface area contributed by atoms with Crippen LogP contribution in [0, 0.1) is 17.0 Å². The Morgan fingerprint density at radius 3 is 2.59 bits per heavy atom. The van der Waals surface area contributed by atoms with Crippen LogP contribution in [0.1, 0.15) is 16.7 Å². The van der Waals surface area contributed by atoms with Crippen molar-refractivity contribution in [2.75, 3.05) is 11.9 Å². The Bertz CT molecular complexity index is 1420. The fraction of sp³-hybridized carbons (Fsp3) is 0.115. The molecule has 1 heterocycles. The predicted molar refractivity (Wildman–Crippen MR) is 141 cm³/mol. The summed E-state index contributed by atoms with van der Waals surface area (Å²) in [5.41, 5.74) is 2.70. The lowest BCUT2D eigenvalue weighted by Crippen LogP contribution is -2.36. The molecule has 0 atom stereocenters. The minimum absolute atomic E-state index is 0.00304. The number of amides is 3. The minimum Gasteiger partial charge on any atom is -0.489 e. The molecule has 11 heteroatoms. The smallest absolute Gasteiger partial charge is 0.294 e. The van der Waals surface area contributed by atoms with Gasteiger partial charge >= 0.3 is 0 Å². The molecule has 37 heavy (non-hydrogen) atoms. The van der Waals surface area contributed by atoms with Gasteiger partial charge in [0, 0.05) is 22.8 Å². The van der Waals surface area contributed by atoms with E-state index >= 15 is 0 Å². The van der Waals surface area contributed by atoms with Crippen molar-refractivity contribution in [3.63, 3.8) is 0 Å². The Morgan fingerprint density at radius 2 is 1.89 bits per heavy atom. The van der Waals surface area contributed by atoms with Gasteiger partial charge in [0.25, 0.3) is 16.8 Å². The summed E-state index contributed by atoms with van der Waals surface area (Å²) in [5.74, 6) is -0.572. The summed E-state index contributed by atoms with van der Waals surface area (Å²) < 4.78 is 5.76. The Labute approximate surface area is 221 Å². The van der Waals surface area contributed by atoms with E-state index in [2.05, 4.69) is 5.32 Å². The van der Waals surface area contributed by atoms with Crippen LogP contribution in [0.5, 0.6) is 5.75 Å². The molecular formula is C26H20ClN3O6S. The van der Waals surface area contributed by atoms with Crippen molar-refractivity contribution in [2.45, 2.75) is 13.5 Å². The van der Waals surface area contributed by atoms with E-state index < -0.39 is 28.5 Å². The van der Waals surface area contributed by atoms with Crippen molar-refractivity contribution in [1.82, 2.24) is 4.90 Å². The molecule has 3 amide bonds. The first-order chi connectivity index (χ1) is 17.7. The number of carbonyl (C=O) groups is 3. The number of imide groups is 1. The van der Waals surface area contributed by atoms with Crippen LogP contribution < -0.4 is 10.1 Å². The van der Waals surface area contributed by atoms with Crippen molar-refractivity contribution >= 4 is 57.9 Å². The van der Waals surface area contributed by atoms with Gasteiger partial charge in [-0.05, 0) is 77.9 Å². The van der Waals surface area contributed by atoms with E-state index in [4.69, 9.17) is 16.3 Å². The fourth-order valence-electron chi connectivity index (χ4n) is 3.38. The number of halogens is 1. The van der Waals surface area contributed by atoms with E-state index in [9.17, 15) is 24.5 Å². The molecule has 0 saturated carbocycles. The molecule has 3 aromatic rings. The lowest BCUT2D eigenvalue weighted by molar-refractivity contribution is -0.384. The van der Waals surface area contributed by atoms with Gasteiger partial charge in [-0.1, -0.05) is 29.8 Å². The molecule has 1 fully saturated rings. The zero-order chi connectivity index (χ0) is 26.5. The third-order valence-electron chi connectivity index (χ3n) is 5.34. The molecule has 0 radical (unpaired) electrons. The zero-order valence-corrected chi connectivity index (χ0v) is 21.0. The largest absolute Gasteiger partial charge is 0.489 e. The number of non-ortho nitro benzene ring substituents is 1. The number of anilines is 1. The molecule has 1 saturated heterocycles. The van der Waals surface area contributed by atoms with E-state index in [0.717, 1.165) is 27.8 Å². The van der Waals surface area contributed by atoms with Crippen LogP contribution in [0.25, 0.3) is 6.08 Å². The average molecular weight is 538 g/mol. The second kappa shape index (κ2) is 11.3. The van der Waals surface area contributed by atoms with Gasteiger partial charge < -0.3 is 10.1 Å². The van der Waals surface area contributed by atoms with E-state index in [1.807, 2.05) is 6.92 Å². The molecule has 0 bridgehead atoms. The highest BCUT2D eigenvalue weighted by atomic mass is 35.5. The highest BCUT2D eigenvalue weighted by Gasteiger charge is 2.36. The van der Waals surface area contributed by atoms with Crippen molar-refractivity contribution in [3.8, 4) is 5.75 Å².